The molecule has 0 radical (unpaired) electrons. The molecule has 2 atom stereocenters. The Morgan fingerprint density at radius 1 is 0.897 bits per heavy atom. The van der Waals surface area contributed by atoms with Crippen molar-refractivity contribution in [3.05, 3.63) is 83.9 Å². The SMILES string of the molecule is CC[C@@H](C/C=C/c1ccccc1)C(C)=O.N[C@@H](C/C=C/c1ccccc1)C(=O)O. The van der Waals surface area contributed by atoms with E-state index >= 15 is 0 Å². The van der Waals surface area contributed by atoms with E-state index in [2.05, 4.69) is 31.2 Å². The standard InChI is InChI=1S/C14H18O.C11H13NO2/c1-3-14(12(2)15)11-7-10-13-8-5-4-6-9-13;12-10(11(13)14)8-4-7-9-5-2-1-3-6-9/h4-10,14H,3,11H2,1-2H3;1-7,10H,8,12H2,(H,13,14)/b10-7+;7-4+/t14-;10-/m00/s1. The molecule has 0 amide bonds. The Labute approximate surface area is 173 Å². The predicted molar refractivity (Wildman–Crippen MR) is 120 cm³/mol. The molecule has 0 saturated heterocycles. The number of carbonyl (C=O) groups is 2. The number of carbonyl (C=O) groups excluding carboxylic acids is 1. The highest BCUT2D eigenvalue weighted by Gasteiger charge is 2.08. The van der Waals surface area contributed by atoms with Gasteiger partial charge in [-0.25, -0.2) is 0 Å². The number of benzene rings is 2. The molecule has 4 nitrogen and oxygen atoms in total. The zero-order chi connectivity index (χ0) is 21.5. The number of Topliss-reactive ketones (excluding diaryl/α,β-unsaturated/α-hetero) is 1. The van der Waals surface area contributed by atoms with E-state index in [9.17, 15) is 9.59 Å². The van der Waals surface area contributed by atoms with E-state index < -0.39 is 12.0 Å². The van der Waals surface area contributed by atoms with Crippen molar-refractivity contribution in [2.24, 2.45) is 11.7 Å². The highest BCUT2D eigenvalue weighted by molar-refractivity contribution is 5.78. The highest BCUT2D eigenvalue weighted by atomic mass is 16.4. The molecule has 0 aliphatic heterocycles. The van der Waals surface area contributed by atoms with Crippen LogP contribution in [0.1, 0.15) is 44.2 Å². The molecular weight excluding hydrogens is 362 g/mol. The fraction of sp³-hybridized carbons (Fsp3) is 0.280. The summed E-state index contributed by atoms with van der Waals surface area (Å²) in [5.41, 5.74) is 7.57. The Morgan fingerprint density at radius 2 is 1.34 bits per heavy atom. The van der Waals surface area contributed by atoms with Crippen molar-refractivity contribution in [1.82, 2.24) is 0 Å². The summed E-state index contributed by atoms with van der Waals surface area (Å²) in [4.78, 5) is 21.6. The van der Waals surface area contributed by atoms with Crippen LogP contribution in [0.3, 0.4) is 0 Å². The number of hydrogen-bond donors (Lipinski definition) is 2. The number of nitrogens with two attached hydrogens (primary N) is 1. The van der Waals surface area contributed by atoms with Crippen LogP contribution in [0.25, 0.3) is 12.2 Å². The third-order valence-electron chi connectivity index (χ3n) is 4.42. The van der Waals surface area contributed by atoms with Gasteiger partial charge in [-0.15, -0.1) is 0 Å². The molecule has 0 fully saturated rings. The topological polar surface area (TPSA) is 80.4 Å². The molecule has 0 aliphatic carbocycles. The van der Waals surface area contributed by atoms with Gasteiger partial charge in [-0.3, -0.25) is 9.59 Å². The summed E-state index contributed by atoms with van der Waals surface area (Å²) in [5, 5.41) is 8.52. The molecule has 3 N–H and O–H groups in total. The summed E-state index contributed by atoms with van der Waals surface area (Å²) in [7, 11) is 0. The lowest BCUT2D eigenvalue weighted by atomic mass is 9.98. The maximum absolute atomic E-state index is 11.2. The second-order valence-electron chi connectivity index (χ2n) is 6.76. The van der Waals surface area contributed by atoms with Crippen molar-refractivity contribution in [2.45, 2.75) is 39.2 Å². The molecule has 0 bridgehead atoms. The molecule has 0 unspecified atom stereocenters. The van der Waals surface area contributed by atoms with E-state index in [1.54, 1.807) is 13.0 Å². The third kappa shape index (κ3) is 10.8. The normalized spacial score (nSPS) is 12.9. The quantitative estimate of drug-likeness (QED) is 0.613. The van der Waals surface area contributed by atoms with E-state index in [4.69, 9.17) is 10.8 Å². The van der Waals surface area contributed by atoms with Crippen molar-refractivity contribution >= 4 is 23.9 Å². The van der Waals surface area contributed by atoms with Gasteiger partial charge < -0.3 is 10.8 Å². The maximum atomic E-state index is 11.2. The van der Waals surface area contributed by atoms with Gasteiger partial charge in [0, 0.05) is 5.92 Å². The first-order chi connectivity index (χ1) is 13.9. The first-order valence-electron chi connectivity index (χ1n) is 9.86. The van der Waals surface area contributed by atoms with Crippen LogP contribution in [0.2, 0.25) is 0 Å². The summed E-state index contributed by atoms with van der Waals surface area (Å²) in [5.74, 6) is -0.497. The lowest BCUT2D eigenvalue weighted by Gasteiger charge is -2.06. The Kier molecular flexibility index (Phi) is 11.7. The number of carboxylic acid groups (broad SMARTS) is 1. The summed E-state index contributed by atoms with van der Waals surface area (Å²) in [6, 6.07) is 19.0. The Bertz CT molecular complexity index is 782. The van der Waals surface area contributed by atoms with Crippen molar-refractivity contribution < 1.29 is 14.7 Å². The molecule has 0 aliphatic rings. The van der Waals surface area contributed by atoms with Crippen LogP contribution in [0.5, 0.6) is 0 Å². The zero-order valence-electron chi connectivity index (χ0n) is 17.2. The van der Waals surface area contributed by atoms with Gasteiger partial charge in [0.25, 0.3) is 0 Å². The van der Waals surface area contributed by atoms with Gasteiger partial charge in [0.2, 0.25) is 0 Å². The minimum atomic E-state index is -0.970. The van der Waals surface area contributed by atoms with Crippen LogP contribution in [-0.4, -0.2) is 22.9 Å². The van der Waals surface area contributed by atoms with Crippen LogP contribution < -0.4 is 5.73 Å². The van der Waals surface area contributed by atoms with E-state index in [0.29, 0.717) is 6.42 Å². The number of hydrogen-bond acceptors (Lipinski definition) is 3. The molecule has 154 valence electrons. The van der Waals surface area contributed by atoms with Gasteiger partial charge in [0.05, 0.1) is 0 Å². The first kappa shape index (κ1) is 24.1. The second kappa shape index (κ2) is 14.1. The van der Waals surface area contributed by atoms with Crippen molar-refractivity contribution in [3.8, 4) is 0 Å². The van der Waals surface area contributed by atoms with Gasteiger partial charge in [-0.05, 0) is 37.3 Å². The van der Waals surface area contributed by atoms with Crippen molar-refractivity contribution in [2.75, 3.05) is 0 Å². The molecule has 0 aromatic heterocycles. The van der Waals surface area contributed by atoms with E-state index in [1.165, 1.54) is 5.56 Å². The third-order valence-corrected chi connectivity index (χ3v) is 4.42. The van der Waals surface area contributed by atoms with Gasteiger partial charge in [0.15, 0.2) is 0 Å². The first-order valence-corrected chi connectivity index (χ1v) is 9.86. The van der Waals surface area contributed by atoms with Crippen LogP contribution in [0, 0.1) is 5.92 Å². The number of ketones is 1. The molecule has 0 saturated carbocycles. The Hall–Kier alpha value is -2.98. The number of allylic oxidation sites excluding steroid dienone is 1. The van der Waals surface area contributed by atoms with Gasteiger partial charge in [0.1, 0.15) is 11.8 Å². The molecule has 4 heteroatoms. The lowest BCUT2D eigenvalue weighted by molar-refractivity contribution is -0.138. The van der Waals surface area contributed by atoms with Crippen molar-refractivity contribution in [3.63, 3.8) is 0 Å². The molecule has 0 spiro atoms. The molecular formula is C25H31NO3. The molecule has 0 heterocycles. The molecule has 2 aromatic carbocycles. The summed E-state index contributed by atoms with van der Waals surface area (Å²) >= 11 is 0. The minimum absolute atomic E-state index is 0.185. The monoisotopic (exact) mass is 393 g/mol. The van der Waals surface area contributed by atoms with E-state index in [0.717, 1.165) is 18.4 Å². The minimum Gasteiger partial charge on any atom is -0.480 e. The maximum Gasteiger partial charge on any atom is 0.320 e. The fourth-order valence-corrected chi connectivity index (χ4v) is 2.57. The van der Waals surface area contributed by atoms with Gasteiger partial charge in [-0.2, -0.15) is 0 Å². The lowest BCUT2D eigenvalue weighted by Crippen LogP contribution is -2.29. The predicted octanol–water partition coefficient (Wildman–Crippen LogP) is 5.21. The van der Waals surface area contributed by atoms with E-state index in [-0.39, 0.29) is 11.7 Å². The van der Waals surface area contributed by atoms with Crippen molar-refractivity contribution in [1.29, 1.82) is 0 Å². The van der Waals surface area contributed by atoms with E-state index in [1.807, 2.05) is 54.6 Å². The Balaban J connectivity index is 0.000000291. The van der Waals surface area contributed by atoms with Gasteiger partial charge >= 0.3 is 5.97 Å². The summed E-state index contributed by atoms with van der Waals surface area (Å²) in [6.07, 6.45) is 9.92. The number of rotatable bonds is 9. The van der Waals surface area contributed by atoms with Gasteiger partial charge in [-0.1, -0.05) is 91.9 Å². The summed E-state index contributed by atoms with van der Waals surface area (Å²) in [6.45, 7) is 3.73. The highest BCUT2D eigenvalue weighted by Crippen LogP contribution is 2.11. The fourth-order valence-electron chi connectivity index (χ4n) is 2.57. The van der Waals surface area contributed by atoms with Crippen LogP contribution in [0.15, 0.2) is 72.8 Å². The second-order valence-corrected chi connectivity index (χ2v) is 6.76. The summed E-state index contributed by atoms with van der Waals surface area (Å²) < 4.78 is 0. The van der Waals surface area contributed by atoms with Crippen LogP contribution in [-0.2, 0) is 9.59 Å². The largest absolute Gasteiger partial charge is 0.480 e. The number of carboxylic acids is 1. The van der Waals surface area contributed by atoms with Crippen LogP contribution >= 0.6 is 0 Å². The molecule has 2 rings (SSSR count). The average Bonchev–Trinajstić information content (AvgIpc) is 2.73. The number of aliphatic carboxylic acids is 1. The zero-order valence-corrected chi connectivity index (χ0v) is 17.2. The molecule has 29 heavy (non-hydrogen) atoms. The Morgan fingerprint density at radius 3 is 1.72 bits per heavy atom. The average molecular weight is 394 g/mol. The van der Waals surface area contributed by atoms with Crippen LogP contribution in [0.4, 0.5) is 0 Å². The molecule has 2 aromatic rings. The smallest absolute Gasteiger partial charge is 0.320 e.